The van der Waals surface area contributed by atoms with Crippen molar-refractivity contribution < 1.29 is 17.6 Å². The molecule has 6 heteroatoms. The summed E-state index contributed by atoms with van der Waals surface area (Å²) in [6.45, 7) is 1.10. The van der Waals surface area contributed by atoms with Gasteiger partial charge in [0.25, 0.3) is 0 Å². The van der Waals surface area contributed by atoms with E-state index in [2.05, 4.69) is 4.72 Å². The minimum atomic E-state index is -3.84. The highest BCUT2D eigenvalue weighted by Gasteiger charge is 2.21. The SMILES string of the molecule is Cc1ccc(-c2ccccc2)c(F)c1C(=O)CNS(=O)(=O)c1ccccc1. The predicted octanol–water partition coefficient (Wildman–Crippen LogP) is 3.96. The Hall–Kier alpha value is -2.83. The summed E-state index contributed by atoms with van der Waals surface area (Å²) in [4.78, 5) is 12.6. The van der Waals surface area contributed by atoms with Crippen LogP contribution in [0, 0.1) is 12.7 Å². The molecule has 0 aliphatic heterocycles. The molecule has 0 atom stereocenters. The molecule has 4 nitrogen and oxygen atoms in total. The van der Waals surface area contributed by atoms with E-state index in [0.717, 1.165) is 0 Å². The highest BCUT2D eigenvalue weighted by molar-refractivity contribution is 7.89. The molecule has 3 rings (SSSR count). The van der Waals surface area contributed by atoms with Crippen molar-refractivity contribution in [1.29, 1.82) is 0 Å². The quantitative estimate of drug-likeness (QED) is 0.656. The zero-order valence-electron chi connectivity index (χ0n) is 14.6. The molecule has 0 bridgehead atoms. The van der Waals surface area contributed by atoms with Gasteiger partial charge in [-0.3, -0.25) is 4.79 Å². The Labute approximate surface area is 157 Å². The van der Waals surface area contributed by atoms with Gasteiger partial charge in [0.05, 0.1) is 17.0 Å². The number of hydrogen-bond acceptors (Lipinski definition) is 3. The largest absolute Gasteiger partial charge is 0.293 e. The molecule has 1 N–H and O–H groups in total. The summed E-state index contributed by atoms with van der Waals surface area (Å²) in [7, 11) is -3.84. The van der Waals surface area contributed by atoms with Gasteiger partial charge in [0.15, 0.2) is 5.78 Å². The van der Waals surface area contributed by atoms with Crippen LogP contribution in [0.4, 0.5) is 4.39 Å². The molecule has 0 saturated carbocycles. The molecule has 0 amide bonds. The molecular weight excluding hydrogens is 365 g/mol. The predicted molar refractivity (Wildman–Crippen MR) is 103 cm³/mol. The Kier molecular flexibility index (Phi) is 5.48. The molecule has 0 radical (unpaired) electrons. The van der Waals surface area contributed by atoms with Crippen molar-refractivity contribution >= 4 is 15.8 Å². The van der Waals surface area contributed by atoms with E-state index in [1.165, 1.54) is 12.1 Å². The van der Waals surface area contributed by atoms with Crippen molar-refractivity contribution in [3.05, 3.63) is 89.7 Å². The minimum absolute atomic E-state index is 0.0491. The Morgan fingerprint density at radius 3 is 2.15 bits per heavy atom. The summed E-state index contributed by atoms with van der Waals surface area (Å²) in [6.07, 6.45) is 0. The third-order valence-corrected chi connectivity index (χ3v) is 5.61. The van der Waals surface area contributed by atoms with Crippen molar-refractivity contribution in [2.24, 2.45) is 0 Å². The van der Waals surface area contributed by atoms with Gasteiger partial charge in [0.2, 0.25) is 10.0 Å². The van der Waals surface area contributed by atoms with Crippen LogP contribution in [-0.2, 0) is 10.0 Å². The van der Waals surface area contributed by atoms with Gasteiger partial charge in [-0.2, -0.15) is 0 Å². The Bertz CT molecular complexity index is 1070. The highest BCUT2D eigenvalue weighted by atomic mass is 32.2. The maximum Gasteiger partial charge on any atom is 0.240 e. The van der Waals surface area contributed by atoms with E-state index in [9.17, 15) is 13.2 Å². The van der Waals surface area contributed by atoms with Crippen LogP contribution >= 0.6 is 0 Å². The van der Waals surface area contributed by atoms with Crippen LogP contribution in [0.1, 0.15) is 15.9 Å². The second-order valence-electron chi connectivity index (χ2n) is 6.05. The average molecular weight is 383 g/mol. The lowest BCUT2D eigenvalue weighted by atomic mass is 9.96. The molecule has 138 valence electrons. The minimum Gasteiger partial charge on any atom is -0.293 e. The molecule has 3 aromatic carbocycles. The number of hydrogen-bond donors (Lipinski definition) is 1. The molecule has 0 spiro atoms. The number of nitrogens with one attached hydrogen (secondary N) is 1. The number of halogens is 1. The Morgan fingerprint density at radius 1 is 0.926 bits per heavy atom. The first kappa shape index (κ1) is 18.9. The number of carbonyl (C=O) groups is 1. The molecule has 0 heterocycles. The summed E-state index contributed by atoms with van der Waals surface area (Å²) in [5, 5.41) is 0. The van der Waals surface area contributed by atoms with Gasteiger partial charge < -0.3 is 0 Å². The average Bonchev–Trinajstić information content (AvgIpc) is 2.68. The molecule has 0 fully saturated rings. The number of rotatable bonds is 6. The Balaban J connectivity index is 1.87. The number of aryl methyl sites for hydroxylation is 1. The fourth-order valence-electron chi connectivity index (χ4n) is 2.79. The second-order valence-corrected chi connectivity index (χ2v) is 7.81. The van der Waals surface area contributed by atoms with Crippen LogP contribution in [0.2, 0.25) is 0 Å². The monoisotopic (exact) mass is 383 g/mol. The summed E-state index contributed by atoms with van der Waals surface area (Å²) in [5.41, 5.74) is 1.30. The smallest absolute Gasteiger partial charge is 0.240 e. The van der Waals surface area contributed by atoms with Crippen LogP contribution in [0.25, 0.3) is 11.1 Å². The van der Waals surface area contributed by atoms with Gasteiger partial charge in [-0.1, -0.05) is 60.7 Å². The zero-order valence-corrected chi connectivity index (χ0v) is 15.5. The van der Waals surface area contributed by atoms with Crippen LogP contribution in [0.15, 0.2) is 77.7 Å². The topological polar surface area (TPSA) is 63.2 Å². The van der Waals surface area contributed by atoms with Crippen molar-refractivity contribution in [1.82, 2.24) is 4.72 Å². The molecule has 0 saturated heterocycles. The molecule has 0 aliphatic rings. The third kappa shape index (κ3) is 4.13. The lowest BCUT2D eigenvalue weighted by Crippen LogP contribution is -2.30. The number of benzene rings is 3. The normalized spacial score (nSPS) is 11.3. The Morgan fingerprint density at radius 2 is 1.52 bits per heavy atom. The van der Waals surface area contributed by atoms with E-state index >= 15 is 4.39 Å². The zero-order chi connectivity index (χ0) is 19.4. The molecule has 0 aliphatic carbocycles. The van der Waals surface area contributed by atoms with Gasteiger partial charge in [-0.15, -0.1) is 0 Å². The highest BCUT2D eigenvalue weighted by Crippen LogP contribution is 2.27. The first-order valence-corrected chi connectivity index (χ1v) is 9.81. The van der Waals surface area contributed by atoms with E-state index in [-0.39, 0.29) is 10.5 Å². The van der Waals surface area contributed by atoms with E-state index in [0.29, 0.717) is 16.7 Å². The van der Waals surface area contributed by atoms with Crippen molar-refractivity contribution in [2.45, 2.75) is 11.8 Å². The van der Waals surface area contributed by atoms with Crippen molar-refractivity contribution in [2.75, 3.05) is 6.54 Å². The van der Waals surface area contributed by atoms with Crippen LogP contribution < -0.4 is 4.72 Å². The molecule has 3 aromatic rings. The molecule has 0 unspecified atom stereocenters. The van der Waals surface area contributed by atoms with Gasteiger partial charge >= 0.3 is 0 Å². The summed E-state index contributed by atoms with van der Waals surface area (Å²) >= 11 is 0. The first-order valence-electron chi connectivity index (χ1n) is 8.32. The van der Waals surface area contributed by atoms with E-state index in [4.69, 9.17) is 0 Å². The molecular formula is C21H18FNO3S. The number of sulfonamides is 1. The van der Waals surface area contributed by atoms with Gasteiger partial charge in [-0.05, 0) is 30.2 Å². The van der Waals surface area contributed by atoms with Crippen LogP contribution in [0.3, 0.4) is 0 Å². The lowest BCUT2D eigenvalue weighted by molar-refractivity contribution is 0.0992. The maximum absolute atomic E-state index is 15.0. The van der Waals surface area contributed by atoms with E-state index in [1.807, 2.05) is 6.07 Å². The van der Waals surface area contributed by atoms with Gasteiger partial charge in [0, 0.05) is 5.56 Å². The second kappa shape index (κ2) is 7.82. The fraction of sp³-hybridized carbons (Fsp3) is 0.0952. The van der Waals surface area contributed by atoms with Crippen molar-refractivity contribution in [3.8, 4) is 11.1 Å². The van der Waals surface area contributed by atoms with Crippen LogP contribution in [0.5, 0.6) is 0 Å². The summed E-state index contributed by atoms with van der Waals surface area (Å²) < 4.78 is 41.8. The first-order chi connectivity index (χ1) is 12.9. The van der Waals surface area contributed by atoms with E-state index < -0.39 is 28.2 Å². The maximum atomic E-state index is 15.0. The van der Waals surface area contributed by atoms with Gasteiger partial charge in [-0.25, -0.2) is 17.5 Å². The van der Waals surface area contributed by atoms with Crippen molar-refractivity contribution in [3.63, 3.8) is 0 Å². The summed E-state index contributed by atoms with van der Waals surface area (Å²) in [5.74, 6) is -1.27. The standard InChI is InChI=1S/C21H18FNO3S/c1-15-12-13-18(16-8-4-2-5-9-16)21(22)20(15)19(24)14-23-27(25,26)17-10-6-3-7-11-17/h2-13,23H,14H2,1H3. The number of carbonyl (C=O) groups excluding carboxylic acids is 1. The van der Waals surface area contributed by atoms with Gasteiger partial charge in [0.1, 0.15) is 5.82 Å². The third-order valence-electron chi connectivity index (χ3n) is 4.19. The lowest BCUT2D eigenvalue weighted by Gasteiger charge is -2.12. The fourth-order valence-corrected chi connectivity index (χ4v) is 3.79. The van der Waals surface area contributed by atoms with E-state index in [1.54, 1.807) is 61.5 Å². The molecule has 0 aromatic heterocycles. The summed E-state index contributed by atoms with van der Waals surface area (Å²) in [6, 6.07) is 19.9. The number of ketones is 1. The number of Topliss-reactive ketones (excluding diaryl/α,β-unsaturated/α-hetero) is 1. The van der Waals surface area contributed by atoms with Crippen LogP contribution in [-0.4, -0.2) is 20.7 Å². The molecule has 27 heavy (non-hydrogen) atoms.